The Hall–Kier alpha value is -1.68. The molecule has 1 amide bonds. The smallest absolute Gasteiger partial charge is 0.258 e. The van der Waals surface area contributed by atoms with E-state index < -0.39 is 11.7 Å². The van der Waals surface area contributed by atoms with E-state index in [4.69, 9.17) is 0 Å². The number of halogens is 2. The normalized spacial score (nSPS) is 11.3. The number of amides is 1. The largest absolute Gasteiger partial charge is 0.322 e. The van der Waals surface area contributed by atoms with Crippen molar-refractivity contribution in [2.75, 3.05) is 5.32 Å². The van der Waals surface area contributed by atoms with Crippen LogP contribution in [0.15, 0.2) is 46.9 Å². The number of anilines is 1. The maximum absolute atomic E-state index is 13.8. The summed E-state index contributed by atoms with van der Waals surface area (Å²) in [5.41, 5.74) is 1.79. The summed E-state index contributed by atoms with van der Waals surface area (Å²) in [6.45, 7) is 6.30. The Morgan fingerprint density at radius 2 is 1.86 bits per heavy atom. The Morgan fingerprint density at radius 1 is 1.14 bits per heavy atom. The first-order valence-corrected chi connectivity index (χ1v) is 7.43. The summed E-state index contributed by atoms with van der Waals surface area (Å²) in [6, 6.07) is 12.0. The highest BCUT2D eigenvalue weighted by atomic mass is 79.9. The van der Waals surface area contributed by atoms with Crippen molar-refractivity contribution in [2.24, 2.45) is 0 Å². The second-order valence-electron chi connectivity index (χ2n) is 5.91. The van der Waals surface area contributed by atoms with Crippen LogP contribution in [0.3, 0.4) is 0 Å². The number of rotatable bonds is 2. The van der Waals surface area contributed by atoms with Gasteiger partial charge in [-0.2, -0.15) is 0 Å². The molecule has 0 spiro atoms. The van der Waals surface area contributed by atoms with E-state index in [1.807, 2.05) is 18.2 Å². The van der Waals surface area contributed by atoms with E-state index in [0.29, 0.717) is 10.2 Å². The average molecular weight is 350 g/mol. The molecule has 21 heavy (non-hydrogen) atoms. The minimum atomic E-state index is -0.547. The van der Waals surface area contributed by atoms with Gasteiger partial charge in [0.1, 0.15) is 5.82 Å². The van der Waals surface area contributed by atoms with Gasteiger partial charge < -0.3 is 5.32 Å². The van der Waals surface area contributed by atoms with Crippen molar-refractivity contribution in [1.82, 2.24) is 0 Å². The van der Waals surface area contributed by atoms with Gasteiger partial charge in [0.2, 0.25) is 0 Å². The molecule has 0 saturated heterocycles. The maximum Gasteiger partial charge on any atom is 0.258 e. The predicted octanol–water partition coefficient (Wildman–Crippen LogP) is 5.14. The Morgan fingerprint density at radius 3 is 2.48 bits per heavy atom. The molecule has 2 rings (SSSR count). The third kappa shape index (κ3) is 3.91. The molecule has 0 bridgehead atoms. The number of carbonyl (C=O) groups excluding carboxylic acids is 1. The average Bonchev–Trinajstić information content (AvgIpc) is 2.37. The highest BCUT2D eigenvalue weighted by molar-refractivity contribution is 9.10. The summed E-state index contributed by atoms with van der Waals surface area (Å²) in [5, 5.41) is 2.74. The highest BCUT2D eigenvalue weighted by Crippen LogP contribution is 2.25. The fourth-order valence-electron chi connectivity index (χ4n) is 1.94. The summed E-state index contributed by atoms with van der Waals surface area (Å²) in [6.07, 6.45) is 0. The lowest BCUT2D eigenvalue weighted by Crippen LogP contribution is -2.15. The van der Waals surface area contributed by atoms with E-state index >= 15 is 0 Å². The van der Waals surface area contributed by atoms with Crippen LogP contribution < -0.4 is 5.32 Å². The number of benzene rings is 2. The standard InChI is InChI=1S/C17H17BrFNO/c1-17(2,3)11-5-4-6-13(9-11)20-16(21)14-8-7-12(18)10-15(14)19/h4-10H,1-3H3,(H,20,21). The van der Waals surface area contributed by atoms with Gasteiger partial charge in [0.25, 0.3) is 5.91 Å². The molecule has 2 nitrogen and oxygen atoms in total. The first-order valence-electron chi connectivity index (χ1n) is 6.64. The lowest BCUT2D eigenvalue weighted by molar-refractivity contribution is 0.102. The number of nitrogens with one attached hydrogen (secondary N) is 1. The van der Waals surface area contributed by atoms with Crippen molar-refractivity contribution < 1.29 is 9.18 Å². The van der Waals surface area contributed by atoms with Gasteiger partial charge in [0.15, 0.2) is 0 Å². The molecule has 0 aliphatic carbocycles. The van der Waals surface area contributed by atoms with Crippen LogP contribution in [0.5, 0.6) is 0 Å². The summed E-state index contributed by atoms with van der Waals surface area (Å²) in [4.78, 5) is 12.1. The molecular formula is C17H17BrFNO. The zero-order valence-corrected chi connectivity index (χ0v) is 13.8. The molecule has 2 aromatic carbocycles. The Labute approximate surface area is 132 Å². The van der Waals surface area contributed by atoms with E-state index in [9.17, 15) is 9.18 Å². The predicted molar refractivity (Wildman–Crippen MR) is 87.2 cm³/mol. The molecule has 0 atom stereocenters. The quantitative estimate of drug-likeness (QED) is 0.799. The lowest BCUT2D eigenvalue weighted by Gasteiger charge is -2.20. The van der Waals surface area contributed by atoms with Crippen LogP contribution >= 0.6 is 15.9 Å². The first-order chi connectivity index (χ1) is 9.77. The fraction of sp³-hybridized carbons (Fsp3) is 0.235. The molecule has 0 fully saturated rings. The topological polar surface area (TPSA) is 29.1 Å². The van der Waals surface area contributed by atoms with Gasteiger partial charge in [-0.15, -0.1) is 0 Å². The van der Waals surface area contributed by atoms with Gasteiger partial charge in [-0.25, -0.2) is 4.39 Å². The fourth-order valence-corrected chi connectivity index (χ4v) is 2.27. The zero-order valence-electron chi connectivity index (χ0n) is 12.2. The van der Waals surface area contributed by atoms with Gasteiger partial charge in [0, 0.05) is 10.2 Å². The van der Waals surface area contributed by atoms with Gasteiger partial charge in [-0.3, -0.25) is 4.79 Å². The molecule has 4 heteroatoms. The first kappa shape index (κ1) is 15.7. The maximum atomic E-state index is 13.8. The molecule has 0 aromatic heterocycles. The summed E-state index contributed by atoms with van der Waals surface area (Å²) < 4.78 is 14.4. The number of hydrogen-bond donors (Lipinski definition) is 1. The van der Waals surface area contributed by atoms with Crippen molar-refractivity contribution in [3.05, 3.63) is 63.9 Å². The van der Waals surface area contributed by atoms with Gasteiger partial charge in [-0.05, 0) is 41.3 Å². The van der Waals surface area contributed by atoms with Crippen molar-refractivity contribution >= 4 is 27.5 Å². The van der Waals surface area contributed by atoms with Crippen LogP contribution in [0.1, 0.15) is 36.7 Å². The molecule has 1 N–H and O–H groups in total. The zero-order chi connectivity index (χ0) is 15.6. The van der Waals surface area contributed by atoms with Crippen molar-refractivity contribution in [3.63, 3.8) is 0 Å². The van der Waals surface area contributed by atoms with Crippen molar-refractivity contribution in [2.45, 2.75) is 26.2 Å². The molecular weight excluding hydrogens is 333 g/mol. The van der Waals surface area contributed by atoms with Crippen LogP contribution in [0.4, 0.5) is 10.1 Å². The molecule has 110 valence electrons. The van der Waals surface area contributed by atoms with E-state index in [0.717, 1.165) is 5.56 Å². The van der Waals surface area contributed by atoms with Crippen LogP contribution in [0, 0.1) is 5.82 Å². The van der Waals surface area contributed by atoms with E-state index in [-0.39, 0.29) is 11.0 Å². The van der Waals surface area contributed by atoms with Crippen LogP contribution in [-0.4, -0.2) is 5.91 Å². The lowest BCUT2D eigenvalue weighted by atomic mass is 9.87. The third-order valence-electron chi connectivity index (χ3n) is 3.16. The number of carbonyl (C=O) groups is 1. The second kappa shape index (κ2) is 5.98. The van der Waals surface area contributed by atoms with E-state index in [1.165, 1.54) is 12.1 Å². The van der Waals surface area contributed by atoms with E-state index in [2.05, 4.69) is 42.0 Å². The molecule has 0 heterocycles. The minimum absolute atomic E-state index is 0.0103. The Bertz CT molecular complexity index is 677. The van der Waals surface area contributed by atoms with Gasteiger partial charge in [-0.1, -0.05) is 48.8 Å². The summed E-state index contributed by atoms with van der Waals surface area (Å²) in [5.74, 6) is -1.00. The molecule has 0 aliphatic rings. The van der Waals surface area contributed by atoms with Crippen LogP contribution in [-0.2, 0) is 5.41 Å². The molecule has 0 aliphatic heterocycles. The van der Waals surface area contributed by atoms with Crippen molar-refractivity contribution in [3.8, 4) is 0 Å². The molecule has 0 saturated carbocycles. The molecule has 0 unspecified atom stereocenters. The van der Waals surface area contributed by atoms with Crippen LogP contribution in [0.2, 0.25) is 0 Å². The van der Waals surface area contributed by atoms with Crippen molar-refractivity contribution in [1.29, 1.82) is 0 Å². The molecule has 0 radical (unpaired) electrons. The van der Waals surface area contributed by atoms with Crippen LogP contribution in [0.25, 0.3) is 0 Å². The Kier molecular flexibility index (Phi) is 4.47. The SMILES string of the molecule is CC(C)(C)c1cccc(NC(=O)c2ccc(Br)cc2F)c1. The molecule has 2 aromatic rings. The number of hydrogen-bond acceptors (Lipinski definition) is 1. The Balaban J connectivity index is 2.24. The third-order valence-corrected chi connectivity index (χ3v) is 3.66. The minimum Gasteiger partial charge on any atom is -0.322 e. The summed E-state index contributed by atoms with van der Waals surface area (Å²) in [7, 11) is 0. The summed E-state index contributed by atoms with van der Waals surface area (Å²) >= 11 is 3.17. The monoisotopic (exact) mass is 349 g/mol. The second-order valence-corrected chi connectivity index (χ2v) is 6.82. The van der Waals surface area contributed by atoms with E-state index in [1.54, 1.807) is 12.1 Å². The van der Waals surface area contributed by atoms with Gasteiger partial charge in [0.05, 0.1) is 5.56 Å². The highest BCUT2D eigenvalue weighted by Gasteiger charge is 2.16. The van der Waals surface area contributed by atoms with Gasteiger partial charge >= 0.3 is 0 Å².